The van der Waals surface area contributed by atoms with Gasteiger partial charge in [0.2, 0.25) is 0 Å². The molecule has 0 radical (unpaired) electrons. The van der Waals surface area contributed by atoms with Crippen LogP contribution in [0.3, 0.4) is 0 Å². The molecule has 0 N–H and O–H groups in total. The zero-order valence-corrected chi connectivity index (χ0v) is 8.62. The zero-order chi connectivity index (χ0) is 9.97. The van der Waals surface area contributed by atoms with Crippen molar-refractivity contribution < 1.29 is 0 Å². The van der Waals surface area contributed by atoms with Gasteiger partial charge in [-0.25, -0.2) is 4.98 Å². The van der Waals surface area contributed by atoms with Crippen LogP contribution < -0.4 is 0 Å². The molecule has 0 saturated carbocycles. The van der Waals surface area contributed by atoms with Crippen LogP contribution in [0.25, 0.3) is 11.1 Å². The summed E-state index contributed by atoms with van der Waals surface area (Å²) in [6.07, 6.45) is 1.80. The number of benzene rings is 1. The third kappa shape index (κ3) is 1.78. The lowest BCUT2D eigenvalue weighted by Crippen LogP contribution is -1.84. The van der Waals surface area contributed by atoms with Crippen LogP contribution in [0.1, 0.15) is 5.56 Å². The minimum atomic E-state index is 0.574. The van der Waals surface area contributed by atoms with E-state index >= 15 is 0 Å². The van der Waals surface area contributed by atoms with E-state index in [1.54, 1.807) is 6.20 Å². The molecule has 1 aromatic heterocycles. The monoisotopic (exact) mass is 203 g/mol. The van der Waals surface area contributed by atoms with E-state index in [0.29, 0.717) is 5.15 Å². The number of aromatic nitrogens is 1. The number of halogens is 1. The number of nitrogens with zero attached hydrogens (tertiary/aromatic N) is 1. The maximum absolute atomic E-state index is 5.86. The highest BCUT2D eigenvalue weighted by Gasteiger charge is 2.00. The van der Waals surface area contributed by atoms with E-state index in [2.05, 4.69) is 17.1 Å². The van der Waals surface area contributed by atoms with Gasteiger partial charge < -0.3 is 0 Å². The summed E-state index contributed by atoms with van der Waals surface area (Å²) in [5.41, 5.74) is 3.28. The van der Waals surface area contributed by atoms with Gasteiger partial charge in [-0.1, -0.05) is 41.9 Å². The van der Waals surface area contributed by atoms with Crippen LogP contribution in [0.15, 0.2) is 42.6 Å². The Hall–Kier alpha value is -1.34. The van der Waals surface area contributed by atoms with E-state index in [0.717, 1.165) is 11.1 Å². The lowest BCUT2D eigenvalue weighted by Gasteiger charge is -2.02. The summed E-state index contributed by atoms with van der Waals surface area (Å²) in [5, 5.41) is 0.574. The molecular formula is C12H10ClN. The van der Waals surface area contributed by atoms with Crippen molar-refractivity contribution in [1.29, 1.82) is 0 Å². The molecule has 1 heterocycles. The number of rotatable bonds is 1. The van der Waals surface area contributed by atoms with Gasteiger partial charge in [-0.3, -0.25) is 0 Å². The highest BCUT2D eigenvalue weighted by Crippen LogP contribution is 2.21. The summed E-state index contributed by atoms with van der Waals surface area (Å²) in [4.78, 5) is 4.12. The van der Waals surface area contributed by atoms with Gasteiger partial charge in [0, 0.05) is 11.8 Å². The molecule has 14 heavy (non-hydrogen) atoms. The molecule has 0 fully saturated rings. The molecule has 0 aliphatic carbocycles. The molecule has 0 amide bonds. The van der Waals surface area contributed by atoms with Crippen molar-refractivity contribution in [1.82, 2.24) is 4.98 Å². The molecule has 1 aromatic carbocycles. The first kappa shape index (κ1) is 9.22. The van der Waals surface area contributed by atoms with Crippen molar-refractivity contribution in [3.8, 4) is 11.1 Å². The fourth-order valence-corrected chi connectivity index (χ4v) is 1.45. The Kier molecular flexibility index (Phi) is 2.51. The maximum Gasteiger partial charge on any atom is 0.131 e. The van der Waals surface area contributed by atoms with Crippen molar-refractivity contribution in [2.75, 3.05) is 0 Å². The standard InChI is InChI=1S/C12H10ClN/c1-9-7-11(8-14-12(9)13)10-5-3-2-4-6-10/h2-8H,1H3. The van der Waals surface area contributed by atoms with Gasteiger partial charge >= 0.3 is 0 Å². The van der Waals surface area contributed by atoms with E-state index in [4.69, 9.17) is 11.6 Å². The molecule has 0 bridgehead atoms. The molecule has 0 unspecified atom stereocenters. The Morgan fingerprint density at radius 2 is 1.79 bits per heavy atom. The van der Waals surface area contributed by atoms with Crippen LogP contribution in [0.2, 0.25) is 5.15 Å². The van der Waals surface area contributed by atoms with Crippen molar-refractivity contribution in [2.45, 2.75) is 6.92 Å². The van der Waals surface area contributed by atoms with Gasteiger partial charge in [0.25, 0.3) is 0 Å². The fraction of sp³-hybridized carbons (Fsp3) is 0.0833. The van der Waals surface area contributed by atoms with Crippen LogP contribution >= 0.6 is 11.6 Å². The van der Waals surface area contributed by atoms with E-state index < -0.39 is 0 Å². The van der Waals surface area contributed by atoms with Crippen molar-refractivity contribution in [3.05, 3.63) is 53.3 Å². The number of pyridine rings is 1. The largest absolute Gasteiger partial charge is 0.244 e. The van der Waals surface area contributed by atoms with Crippen LogP contribution in [0, 0.1) is 6.92 Å². The summed E-state index contributed by atoms with van der Waals surface area (Å²) >= 11 is 5.86. The summed E-state index contributed by atoms with van der Waals surface area (Å²) in [7, 11) is 0. The summed E-state index contributed by atoms with van der Waals surface area (Å²) in [6, 6.07) is 12.2. The number of hydrogen-bond acceptors (Lipinski definition) is 1. The van der Waals surface area contributed by atoms with Gasteiger partial charge in [0.15, 0.2) is 0 Å². The smallest absolute Gasteiger partial charge is 0.131 e. The predicted molar refractivity (Wildman–Crippen MR) is 59.4 cm³/mol. The van der Waals surface area contributed by atoms with Gasteiger partial charge in [-0.2, -0.15) is 0 Å². The molecule has 2 heteroatoms. The summed E-state index contributed by atoms with van der Waals surface area (Å²) in [5.74, 6) is 0. The van der Waals surface area contributed by atoms with Gasteiger partial charge in [0.05, 0.1) is 0 Å². The van der Waals surface area contributed by atoms with Gasteiger partial charge in [0.1, 0.15) is 5.15 Å². The SMILES string of the molecule is Cc1cc(-c2ccccc2)cnc1Cl. The normalized spacial score (nSPS) is 10.1. The summed E-state index contributed by atoms with van der Waals surface area (Å²) < 4.78 is 0. The molecule has 0 atom stereocenters. The van der Waals surface area contributed by atoms with Crippen LogP contribution in [0.4, 0.5) is 0 Å². The highest BCUT2D eigenvalue weighted by atomic mass is 35.5. The average Bonchev–Trinajstić information content (AvgIpc) is 2.23. The zero-order valence-electron chi connectivity index (χ0n) is 7.87. The van der Waals surface area contributed by atoms with Gasteiger partial charge in [-0.05, 0) is 24.1 Å². The second kappa shape index (κ2) is 3.81. The Morgan fingerprint density at radius 3 is 2.43 bits per heavy atom. The Labute approximate surface area is 88.4 Å². The van der Waals surface area contributed by atoms with E-state index in [1.165, 1.54) is 5.56 Å². The topological polar surface area (TPSA) is 12.9 Å². The summed E-state index contributed by atoms with van der Waals surface area (Å²) in [6.45, 7) is 1.96. The van der Waals surface area contributed by atoms with Crippen molar-refractivity contribution in [3.63, 3.8) is 0 Å². The first-order valence-electron chi connectivity index (χ1n) is 4.45. The Balaban J connectivity index is 2.48. The van der Waals surface area contributed by atoms with E-state index in [9.17, 15) is 0 Å². The fourth-order valence-electron chi connectivity index (χ4n) is 1.35. The lowest BCUT2D eigenvalue weighted by atomic mass is 10.1. The molecule has 2 rings (SSSR count). The number of hydrogen-bond donors (Lipinski definition) is 0. The minimum Gasteiger partial charge on any atom is -0.244 e. The second-order valence-electron chi connectivity index (χ2n) is 3.20. The third-order valence-corrected chi connectivity index (χ3v) is 2.52. The lowest BCUT2D eigenvalue weighted by molar-refractivity contribution is 1.27. The third-order valence-electron chi connectivity index (χ3n) is 2.12. The predicted octanol–water partition coefficient (Wildman–Crippen LogP) is 3.71. The minimum absolute atomic E-state index is 0.574. The van der Waals surface area contributed by atoms with Crippen LogP contribution in [-0.2, 0) is 0 Å². The van der Waals surface area contributed by atoms with Crippen LogP contribution in [-0.4, -0.2) is 4.98 Å². The molecule has 0 aliphatic rings. The molecular weight excluding hydrogens is 194 g/mol. The van der Waals surface area contributed by atoms with Crippen molar-refractivity contribution >= 4 is 11.6 Å². The Morgan fingerprint density at radius 1 is 1.07 bits per heavy atom. The van der Waals surface area contributed by atoms with E-state index in [-0.39, 0.29) is 0 Å². The van der Waals surface area contributed by atoms with Gasteiger partial charge in [-0.15, -0.1) is 0 Å². The average molecular weight is 204 g/mol. The molecule has 0 spiro atoms. The first-order chi connectivity index (χ1) is 6.77. The molecule has 2 aromatic rings. The second-order valence-corrected chi connectivity index (χ2v) is 3.56. The maximum atomic E-state index is 5.86. The molecule has 0 saturated heterocycles. The first-order valence-corrected chi connectivity index (χ1v) is 4.83. The quantitative estimate of drug-likeness (QED) is 0.644. The molecule has 1 nitrogen and oxygen atoms in total. The molecule has 0 aliphatic heterocycles. The highest BCUT2D eigenvalue weighted by molar-refractivity contribution is 6.30. The number of aryl methyl sites for hydroxylation is 1. The van der Waals surface area contributed by atoms with Crippen molar-refractivity contribution in [2.24, 2.45) is 0 Å². The van der Waals surface area contributed by atoms with E-state index in [1.807, 2.05) is 31.2 Å². The molecule has 70 valence electrons. The Bertz CT molecular complexity index is 437. The van der Waals surface area contributed by atoms with Crippen LogP contribution in [0.5, 0.6) is 0 Å².